The fourth-order valence-corrected chi connectivity index (χ4v) is 0.689. The van der Waals surface area contributed by atoms with Crippen molar-refractivity contribution >= 4 is 0 Å². The fourth-order valence-electron chi connectivity index (χ4n) is 0.689. The third-order valence-corrected chi connectivity index (χ3v) is 1.20. The molecule has 0 fully saturated rings. The van der Waals surface area contributed by atoms with E-state index in [1.54, 1.807) is 24.3 Å². The molecule has 0 saturated heterocycles. The Balaban J connectivity index is 2.60. The molecular weight excluding hydrogens is 136 g/mol. The molecule has 0 heterocycles. The maximum Gasteiger partial charge on any atom is 0.148 e. The van der Waals surface area contributed by atoms with Gasteiger partial charge in [-0.3, -0.25) is 0 Å². The average molecular weight is 144 g/mol. The maximum absolute atomic E-state index is 5.46. The molecule has 0 aliphatic rings. The first kappa shape index (κ1) is 7.68. The minimum Gasteiger partial charge on any atom is -0.481 e. The minimum absolute atomic E-state index is 0.296. The van der Waals surface area contributed by atoms with Crippen LogP contribution in [-0.4, -0.2) is 6.61 Å². The molecule has 0 aromatic heterocycles. The summed E-state index contributed by atoms with van der Waals surface area (Å²) in [6.07, 6.45) is 5.01. The Morgan fingerprint density at radius 1 is 1.27 bits per heavy atom. The highest BCUT2D eigenvalue weighted by molar-refractivity contribution is 5.28. The third-order valence-electron chi connectivity index (χ3n) is 1.20. The van der Waals surface area contributed by atoms with Gasteiger partial charge in [0.1, 0.15) is 12.4 Å². The standard InChI is InChI=1S/C10H8O/c1-3-8-11-10-6-4-9(2)5-7-10/h1-2,4-7H,8H2. The van der Waals surface area contributed by atoms with Gasteiger partial charge in [0.05, 0.1) is 0 Å². The monoisotopic (exact) mass is 144 g/mol. The van der Waals surface area contributed by atoms with Crippen molar-refractivity contribution in [2.24, 2.45) is 0 Å². The summed E-state index contributed by atoms with van der Waals surface area (Å²) in [7, 11) is 0. The van der Waals surface area contributed by atoms with Gasteiger partial charge in [-0.15, -0.1) is 6.42 Å². The summed E-state index contributed by atoms with van der Waals surface area (Å²) in [4.78, 5) is 0. The zero-order valence-corrected chi connectivity index (χ0v) is 6.08. The van der Waals surface area contributed by atoms with Crippen molar-refractivity contribution in [3.63, 3.8) is 0 Å². The fraction of sp³-hybridized carbons (Fsp3) is 0.100. The van der Waals surface area contributed by atoms with E-state index in [1.165, 1.54) is 0 Å². The van der Waals surface area contributed by atoms with Crippen LogP contribution in [0.3, 0.4) is 0 Å². The summed E-state index contributed by atoms with van der Waals surface area (Å²) >= 11 is 0. The summed E-state index contributed by atoms with van der Waals surface area (Å²) in [5.41, 5.74) is 0.720. The van der Waals surface area contributed by atoms with Crippen LogP contribution in [0.15, 0.2) is 24.3 Å². The second-order valence-corrected chi connectivity index (χ2v) is 2.06. The van der Waals surface area contributed by atoms with Crippen LogP contribution in [0.25, 0.3) is 0 Å². The van der Waals surface area contributed by atoms with Crippen LogP contribution in [0.1, 0.15) is 5.56 Å². The van der Waals surface area contributed by atoms with E-state index in [2.05, 4.69) is 5.92 Å². The lowest BCUT2D eigenvalue weighted by Gasteiger charge is -2.00. The Kier molecular flexibility index (Phi) is 2.57. The van der Waals surface area contributed by atoms with E-state index in [1.807, 2.05) is 0 Å². The predicted octanol–water partition coefficient (Wildman–Crippen LogP) is 1.76. The predicted molar refractivity (Wildman–Crippen MR) is 44.2 cm³/mol. The lowest BCUT2D eigenvalue weighted by Crippen LogP contribution is -1.92. The molecule has 0 N–H and O–H groups in total. The Hall–Kier alpha value is -1.42. The lowest BCUT2D eigenvalue weighted by molar-refractivity contribution is 0.370. The number of benzene rings is 1. The molecule has 0 bridgehead atoms. The number of terminal acetylenes is 1. The first-order valence-corrected chi connectivity index (χ1v) is 3.25. The van der Waals surface area contributed by atoms with Crippen molar-refractivity contribution < 1.29 is 4.74 Å². The lowest BCUT2D eigenvalue weighted by atomic mass is 10.2. The van der Waals surface area contributed by atoms with Crippen LogP contribution in [0, 0.1) is 19.3 Å². The van der Waals surface area contributed by atoms with E-state index in [0.29, 0.717) is 6.61 Å². The van der Waals surface area contributed by atoms with Gasteiger partial charge < -0.3 is 4.74 Å². The molecule has 2 radical (unpaired) electrons. The molecule has 1 heteroatoms. The normalized spacial score (nSPS) is 8.73. The van der Waals surface area contributed by atoms with E-state index in [-0.39, 0.29) is 0 Å². The largest absolute Gasteiger partial charge is 0.481 e. The Labute approximate surface area is 67.0 Å². The van der Waals surface area contributed by atoms with Crippen molar-refractivity contribution in [1.82, 2.24) is 0 Å². The molecule has 1 rings (SSSR count). The van der Waals surface area contributed by atoms with Gasteiger partial charge in [-0.1, -0.05) is 18.1 Å². The highest BCUT2D eigenvalue weighted by Gasteiger charge is 1.89. The average Bonchev–Trinajstić information content (AvgIpc) is 2.04. The Morgan fingerprint density at radius 3 is 2.45 bits per heavy atom. The molecule has 0 unspecified atom stereocenters. The van der Waals surface area contributed by atoms with Gasteiger partial charge >= 0.3 is 0 Å². The van der Waals surface area contributed by atoms with Crippen molar-refractivity contribution in [3.8, 4) is 18.1 Å². The smallest absolute Gasteiger partial charge is 0.148 e. The van der Waals surface area contributed by atoms with Crippen molar-refractivity contribution in [3.05, 3.63) is 36.8 Å². The van der Waals surface area contributed by atoms with E-state index in [9.17, 15) is 0 Å². The quantitative estimate of drug-likeness (QED) is 0.575. The van der Waals surface area contributed by atoms with Crippen molar-refractivity contribution in [2.45, 2.75) is 0 Å². The third kappa shape index (κ3) is 2.35. The van der Waals surface area contributed by atoms with Gasteiger partial charge in [0.25, 0.3) is 0 Å². The van der Waals surface area contributed by atoms with Gasteiger partial charge in [0, 0.05) is 0 Å². The van der Waals surface area contributed by atoms with Crippen molar-refractivity contribution in [1.29, 1.82) is 0 Å². The molecule has 11 heavy (non-hydrogen) atoms. The van der Waals surface area contributed by atoms with E-state index in [4.69, 9.17) is 18.1 Å². The maximum atomic E-state index is 5.46. The highest BCUT2D eigenvalue weighted by atomic mass is 16.5. The van der Waals surface area contributed by atoms with Crippen LogP contribution in [-0.2, 0) is 0 Å². The zero-order chi connectivity index (χ0) is 8.10. The molecule has 0 amide bonds. The molecule has 0 aliphatic heterocycles. The molecule has 0 atom stereocenters. The van der Waals surface area contributed by atoms with Crippen LogP contribution in [0.4, 0.5) is 0 Å². The molecule has 1 nitrogen and oxygen atoms in total. The van der Waals surface area contributed by atoms with Gasteiger partial charge in [0.2, 0.25) is 0 Å². The van der Waals surface area contributed by atoms with Gasteiger partial charge in [0.15, 0.2) is 0 Å². The van der Waals surface area contributed by atoms with Crippen molar-refractivity contribution in [2.75, 3.05) is 6.61 Å². The topological polar surface area (TPSA) is 9.23 Å². The first-order valence-electron chi connectivity index (χ1n) is 3.25. The van der Waals surface area contributed by atoms with E-state index < -0.39 is 0 Å². The highest BCUT2D eigenvalue weighted by Crippen LogP contribution is 2.10. The zero-order valence-electron chi connectivity index (χ0n) is 6.08. The van der Waals surface area contributed by atoms with Crippen LogP contribution < -0.4 is 4.74 Å². The van der Waals surface area contributed by atoms with Crippen LogP contribution in [0.5, 0.6) is 5.75 Å². The molecule has 0 saturated carbocycles. The van der Waals surface area contributed by atoms with E-state index >= 15 is 0 Å². The summed E-state index contributed by atoms with van der Waals surface area (Å²) in [5, 5.41) is 0. The molecular formula is C10H8O. The molecule has 54 valence electrons. The number of hydrogen-bond acceptors (Lipinski definition) is 1. The molecule has 0 spiro atoms. The summed E-state index contributed by atoms with van der Waals surface area (Å²) in [6.45, 7) is 5.76. The Morgan fingerprint density at radius 2 is 1.91 bits per heavy atom. The molecule has 0 aliphatic carbocycles. The number of hydrogen-bond donors (Lipinski definition) is 0. The summed E-state index contributed by atoms with van der Waals surface area (Å²) in [6, 6.07) is 7.11. The summed E-state index contributed by atoms with van der Waals surface area (Å²) < 4.78 is 5.12. The Bertz CT molecular complexity index is 253. The minimum atomic E-state index is 0.296. The van der Waals surface area contributed by atoms with Gasteiger partial charge in [-0.2, -0.15) is 0 Å². The second-order valence-electron chi connectivity index (χ2n) is 2.06. The first-order chi connectivity index (χ1) is 5.33. The van der Waals surface area contributed by atoms with Crippen LogP contribution >= 0.6 is 0 Å². The van der Waals surface area contributed by atoms with Crippen LogP contribution in [0.2, 0.25) is 0 Å². The number of rotatable bonds is 2. The summed E-state index contributed by atoms with van der Waals surface area (Å²) in [5.74, 6) is 3.12. The molecule has 1 aromatic carbocycles. The van der Waals surface area contributed by atoms with Gasteiger partial charge in [-0.05, 0) is 24.6 Å². The SMILES string of the molecule is [CH]c1ccc(OCC#C)cc1. The second kappa shape index (κ2) is 3.68. The van der Waals surface area contributed by atoms with Gasteiger partial charge in [-0.25, -0.2) is 0 Å². The van der Waals surface area contributed by atoms with E-state index in [0.717, 1.165) is 11.3 Å². The number of ether oxygens (including phenoxy) is 1. The molecule has 1 aromatic rings.